The second-order valence-corrected chi connectivity index (χ2v) is 5.30. The van der Waals surface area contributed by atoms with Crippen LogP contribution in [0.1, 0.15) is 23.7 Å². The molecule has 0 spiro atoms. The highest BCUT2D eigenvalue weighted by atomic mass is 32.2. The number of aliphatic hydroxyl groups is 1. The van der Waals surface area contributed by atoms with Gasteiger partial charge < -0.3 is 10.0 Å². The molecule has 1 aliphatic heterocycles. The van der Waals surface area contributed by atoms with E-state index in [4.69, 9.17) is 0 Å². The van der Waals surface area contributed by atoms with E-state index in [9.17, 15) is 9.90 Å². The van der Waals surface area contributed by atoms with Gasteiger partial charge in [-0.3, -0.25) is 4.79 Å². The molecule has 92 valence electrons. The van der Waals surface area contributed by atoms with Gasteiger partial charge >= 0.3 is 0 Å². The second-order valence-electron chi connectivity index (χ2n) is 4.31. The number of thioether (sulfide) groups is 1. The number of hydrogen-bond acceptors (Lipinski definition) is 3. The first-order valence-electron chi connectivity index (χ1n) is 5.70. The molecule has 0 saturated carbocycles. The standard InChI is InChI=1S/C13H17NO2S/c1-14-11-4-3-9(12(15)5-6-17-2)7-10(11)8-13(14)16/h3-4,7,12,15H,5-6,8H2,1-2H3. The zero-order valence-corrected chi connectivity index (χ0v) is 11.0. The smallest absolute Gasteiger partial charge is 0.231 e. The summed E-state index contributed by atoms with van der Waals surface area (Å²) in [7, 11) is 1.79. The van der Waals surface area contributed by atoms with Gasteiger partial charge in [0.2, 0.25) is 5.91 Å². The molecule has 17 heavy (non-hydrogen) atoms. The lowest BCUT2D eigenvalue weighted by Gasteiger charge is -2.13. The average molecular weight is 251 g/mol. The predicted octanol–water partition coefficient (Wildman–Crippen LogP) is 1.99. The summed E-state index contributed by atoms with van der Waals surface area (Å²) in [5.74, 6) is 1.06. The van der Waals surface area contributed by atoms with Crippen molar-refractivity contribution in [3.63, 3.8) is 0 Å². The number of nitrogens with zero attached hydrogens (tertiary/aromatic N) is 1. The van der Waals surface area contributed by atoms with Gasteiger partial charge in [-0.05, 0) is 35.6 Å². The first kappa shape index (κ1) is 12.5. The molecular weight excluding hydrogens is 234 g/mol. The summed E-state index contributed by atoms with van der Waals surface area (Å²) in [4.78, 5) is 13.2. The van der Waals surface area contributed by atoms with E-state index < -0.39 is 6.10 Å². The third-order valence-corrected chi connectivity index (χ3v) is 3.80. The van der Waals surface area contributed by atoms with Crippen molar-refractivity contribution >= 4 is 23.4 Å². The van der Waals surface area contributed by atoms with Crippen molar-refractivity contribution in [3.05, 3.63) is 29.3 Å². The predicted molar refractivity (Wildman–Crippen MR) is 71.5 cm³/mol. The van der Waals surface area contributed by atoms with Crippen LogP contribution in [0.5, 0.6) is 0 Å². The number of benzene rings is 1. The molecule has 3 nitrogen and oxygen atoms in total. The van der Waals surface area contributed by atoms with Crippen molar-refractivity contribution in [3.8, 4) is 0 Å². The van der Waals surface area contributed by atoms with Crippen molar-refractivity contribution in [2.45, 2.75) is 18.9 Å². The zero-order chi connectivity index (χ0) is 12.4. The van der Waals surface area contributed by atoms with Crippen LogP contribution in [0, 0.1) is 0 Å². The summed E-state index contributed by atoms with van der Waals surface area (Å²) < 4.78 is 0. The molecule has 0 aliphatic carbocycles. The second kappa shape index (κ2) is 5.10. The van der Waals surface area contributed by atoms with Gasteiger partial charge in [-0.25, -0.2) is 0 Å². The van der Waals surface area contributed by atoms with Crippen molar-refractivity contribution in [1.29, 1.82) is 0 Å². The summed E-state index contributed by atoms with van der Waals surface area (Å²) in [6.45, 7) is 0. The number of carbonyl (C=O) groups is 1. The average Bonchev–Trinajstić information content (AvgIpc) is 2.61. The van der Waals surface area contributed by atoms with Gasteiger partial charge in [-0.1, -0.05) is 12.1 Å². The molecule has 1 N–H and O–H groups in total. The molecule has 1 aromatic rings. The van der Waals surface area contributed by atoms with Gasteiger partial charge in [0.1, 0.15) is 0 Å². The molecule has 0 fully saturated rings. The van der Waals surface area contributed by atoms with E-state index >= 15 is 0 Å². The Morgan fingerprint density at radius 2 is 2.29 bits per heavy atom. The molecule has 1 unspecified atom stereocenters. The zero-order valence-electron chi connectivity index (χ0n) is 10.1. The Bertz CT molecular complexity index is 433. The van der Waals surface area contributed by atoms with Gasteiger partial charge in [0.05, 0.1) is 12.5 Å². The SMILES string of the molecule is CSCCC(O)c1ccc2c(c1)CC(=O)N2C. The Kier molecular flexibility index (Phi) is 3.74. The van der Waals surface area contributed by atoms with Crippen molar-refractivity contribution in [2.24, 2.45) is 0 Å². The summed E-state index contributed by atoms with van der Waals surface area (Å²) in [5, 5.41) is 10.0. The maximum absolute atomic E-state index is 11.5. The topological polar surface area (TPSA) is 40.5 Å². The van der Waals surface area contributed by atoms with Gasteiger partial charge in [0, 0.05) is 12.7 Å². The molecule has 4 heteroatoms. The lowest BCUT2D eigenvalue weighted by molar-refractivity contribution is -0.117. The molecule has 1 amide bonds. The maximum Gasteiger partial charge on any atom is 0.231 e. The van der Waals surface area contributed by atoms with Crippen LogP contribution in [0.4, 0.5) is 5.69 Å². The number of rotatable bonds is 4. The molecule has 2 rings (SSSR count). The highest BCUT2D eigenvalue weighted by Gasteiger charge is 2.24. The van der Waals surface area contributed by atoms with Crippen molar-refractivity contribution in [2.75, 3.05) is 24.0 Å². The summed E-state index contributed by atoms with van der Waals surface area (Å²) in [6.07, 6.45) is 2.82. The summed E-state index contributed by atoms with van der Waals surface area (Å²) in [5.41, 5.74) is 2.91. The van der Waals surface area contributed by atoms with Crippen molar-refractivity contribution < 1.29 is 9.90 Å². The Balaban J connectivity index is 2.18. The molecule has 1 aromatic carbocycles. The van der Waals surface area contributed by atoms with Crippen molar-refractivity contribution in [1.82, 2.24) is 0 Å². The van der Waals surface area contributed by atoms with Crippen LogP contribution in [0.15, 0.2) is 18.2 Å². The molecule has 1 heterocycles. The fourth-order valence-corrected chi connectivity index (χ4v) is 2.55. The largest absolute Gasteiger partial charge is 0.388 e. The first-order chi connectivity index (χ1) is 8.13. The van der Waals surface area contributed by atoms with E-state index in [1.165, 1.54) is 0 Å². The third kappa shape index (κ3) is 2.48. The van der Waals surface area contributed by atoms with E-state index in [1.54, 1.807) is 23.7 Å². The molecule has 1 atom stereocenters. The van der Waals surface area contributed by atoms with E-state index in [2.05, 4.69) is 0 Å². The Morgan fingerprint density at radius 1 is 1.53 bits per heavy atom. The van der Waals surface area contributed by atoms with Crippen LogP contribution in [0.25, 0.3) is 0 Å². The third-order valence-electron chi connectivity index (χ3n) is 3.16. The molecular formula is C13H17NO2S. The van der Waals surface area contributed by atoms with Gasteiger partial charge in [-0.15, -0.1) is 0 Å². The first-order valence-corrected chi connectivity index (χ1v) is 7.09. The summed E-state index contributed by atoms with van der Waals surface area (Å²) >= 11 is 1.73. The summed E-state index contributed by atoms with van der Waals surface area (Å²) in [6, 6.07) is 5.80. The number of anilines is 1. The number of hydrogen-bond donors (Lipinski definition) is 1. The maximum atomic E-state index is 11.5. The van der Waals surface area contributed by atoms with Gasteiger partial charge in [-0.2, -0.15) is 11.8 Å². The van der Waals surface area contributed by atoms with Crippen LogP contribution in [0.2, 0.25) is 0 Å². The molecule has 0 radical (unpaired) electrons. The number of carbonyl (C=O) groups excluding carboxylic acids is 1. The minimum Gasteiger partial charge on any atom is -0.388 e. The van der Waals surface area contributed by atoms with E-state index in [0.29, 0.717) is 6.42 Å². The van der Waals surface area contributed by atoms with Gasteiger partial charge in [0.25, 0.3) is 0 Å². The minimum atomic E-state index is -0.422. The number of amides is 1. The fourth-order valence-electron chi connectivity index (χ4n) is 2.09. The van der Waals surface area contributed by atoms with Crippen LogP contribution >= 0.6 is 11.8 Å². The number of likely N-dealkylation sites (N-methyl/N-ethyl adjacent to an activating group) is 1. The van der Waals surface area contributed by atoms with E-state index in [-0.39, 0.29) is 5.91 Å². The molecule has 1 aliphatic rings. The van der Waals surface area contributed by atoms with Crippen LogP contribution in [-0.4, -0.2) is 30.1 Å². The lowest BCUT2D eigenvalue weighted by atomic mass is 10.0. The monoisotopic (exact) mass is 251 g/mol. The normalized spacial score (nSPS) is 16.2. The fraction of sp³-hybridized carbons (Fsp3) is 0.462. The molecule has 0 aromatic heterocycles. The van der Waals surface area contributed by atoms with E-state index in [0.717, 1.165) is 29.0 Å². The van der Waals surface area contributed by atoms with Gasteiger partial charge in [0.15, 0.2) is 0 Å². The lowest BCUT2D eigenvalue weighted by Crippen LogP contribution is -2.20. The van der Waals surface area contributed by atoms with Crippen LogP contribution in [0.3, 0.4) is 0 Å². The molecule has 0 saturated heterocycles. The number of aliphatic hydroxyl groups excluding tert-OH is 1. The number of fused-ring (bicyclic) bond motifs is 1. The Hall–Kier alpha value is -1.00. The quantitative estimate of drug-likeness (QED) is 0.889. The highest BCUT2D eigenvalue weighted by molar-refractivity contribution is 7.98. The van der Waals surface area contributed by atoms with E-state index in [1.807, 2.05) is 24.5 Å². The van der Waals surface area contributed by atoms with Crippen LogP contribution < -0.4 is 4.90 Å². The minimum absolute atomic E-state index is 0.121. The Labute approximate surface area is 106 Å². The van der Waals surface area contributed by atoms with Crippen LogP contribution in [-0.2, 0) is 11.2 Å². The highest BCUT2D eigenvalue weighted by Crippen LogP contribution is 2.31. The Morgan fingerprint density at radius 3 is 3.00 bits per heavy atom. The molecule has 0 bridgehead atoms.